The van der Waals surface area contributed by atoms with Crippen LogP contribution in [0, 0.1) is 0 Å². The second-order valence-corrected chi connectivity index (χ2v) is 8.09. The topological polar surface area (TPSA) is 98.5 Å². The van der Waals surface area contributed by atoms with Crippen molar-refractivity contribution in [2.75, 3.05) is 0 Å². The summed E-state index contributed by atoms with van der Waals surface area (Å²) in [4.78, 5) is 12.7. The Morgan fingerprint density at radius 3 is 2.74 bits per heavy atom. The number of rotatable bonds is 6. The van der Waals surface area contributed by atoms with E-state index in [9.17, 15) is 13.2 Å². The van der Waals surface area contributed by atoms with E-state index in [1.54, 1.807) is 37.3 Å². The Hall–Kier alpha value is -1.61. The molecule has 0 radical (unpaired) electrons. The van der Waals surface area contributed by atoms with Crippen molar-refractivity contribution < 1.29 is 17.9 Å². The summed E-state index contributed by atoms with van der Waals surface area (Å²) in [6.45, 7) is 1.81. The molecule has 124 valence electrons. The van der Waals surface area contributed by atoms with Crippen LogP contribution in [0.15, 0.2) is 40.6 Å². The Labute approximate surface area is 143 Å². The minimum absolute atomic E-state index is 0.0602. The van der Waals surface area contributed by atoms with Gasteiger partial charge in [-0.25, -0.2) is 13.6 Å². The van der Waals surface area contributed by atoms with Crippen LogP contribution in [0.3, 0.4) is 0 Å². The molecule has 0 aliphatic carbocycles. The van der Waals surface area contributed by atoms with Crippen LogP contribution in [0.1, 0.15) is 11.8 Å². The standard InChI is InChI=1S/C14H15ClN2O4S2/c1-9(21-11-4-2-3-10(15)7-11)14(18)17-8-12-5-6-13(22-12)23(16,19)20/h2-7,9H,8H2,1H3,(H,17,18)(H2,16,19,20). The van der Waals surface area contributed by atoms with Crippen molar-refractivity contribution >= 4 is 38.9 Å². The number of halogens is 1. The molecule has 0 aliphatic heterocycles. The van der Waals surface area contributed by atoms with Gasteiger partial charge in [-0.15, -0.1) is 11.3 Å². The lowest BCUT2D eigenvalue weighted by Gasteiger charge is -2.14. The zero-order valence-corrected chi connectivity index (χ0v) is 14.5. The molecule has 0 fully saturated rings. The molecule has 1 aromatic carbocycles. The van der Waals surface area contributed by atoms with Crippen LogP contribution in [0.5, 0.6) is 5.75 Å². The quantitative estimate of drug-likeness (QED) is 0.809. The smallest absolute Gasteiger partial charge is 0.261 e. The maximum atomic E-state index is 12.0. The normalized spacial score (nSPS) is 12.7. The zero-order chi connectivity index (χ0) is 17.0. The highest BCUT2D eigenvalue weighted by Crippen LogP contribution is 2.20. The number of sulfonamides is 1. The number of amides is 1. The van der Waals surface area contributed by atoms with Crippen molar-refractivity contribution in [1.29, 1.82) is 0 Å². The predicted molar refractivity (Wildman–Crippen MR) is 89.1 cm³/mol. The molecule has 0 spiro atoms. The first-order chi connectivity index (χ1) is 10.8. The van der Waals surface area contributed by atoms with Crippen LogP contribution in [0.25, 0.3) is 0 Å². The van der Waals surface area contributed by atoms with Gasteiger partial charge in [0, 0.05) is 9.90 Å². The fourth-order valence-electron chi connectivity index (χ4n) is 1.72. The lowest BCUT2D eigenvalue weighted by Crippen LogP contribution is -2.35. The van der Waals surface area contributed by atoms with E-state index >= 15 is 0 Å². The summed E-state index contributed by atoms with van der Waals surface area (Å²) in [5.74, 6) is 0.170. The average Bonchev–Trinajstić information content (AvgIpc) is 2.93. The number of carbonyl (C=O) groups is 1. The van der Waals surface area contributed by atoms with Crippen molar-refractivity contribution in [3.8, 4) is 5.75 Å². The fourth-order valence-corrected chi connectivity index (χ4v) is 3.62. The van der Waals surface area contributed by atoms with Crippen LogP contribution in [-0.4, -0.2) is 20.4 Å². The predicted octanol–water partition coefficient (Wildman–Crippen LogP) is 2.13. The number of thiophene rings is 1. The van der Waals surface area contributed by atoms with Crippen LogP contribution in [0.4, 0.5) is 0 Å². The van der Waals surface area contributed by atoms with Crippen LogP contribution in [0.2, 0.25) is 5.02 Å². The highest BCUT2D eigenvalue weighted by Gasteiger charge is 2.16. The zero-order valence-electron chi connectivity index (χ0n) is 12.2. The second-order valence-electron chi connectivity index (χ2n) is 4.70. The van der Waals surface area contributed by atoms with Crippen molar-refractivity contribution in [3.05, 3.63) is 46.3 Å². The van der Waals surface area contributed by atoms with E-state index in [2.05, 4.69) is 5.32 Å². The molecule has 0 saturated heterocycles. The Balaban J connectivity index is 1.90. The summed E-state index contributed by atoms with van der Waals surface area (Å²) >= 11 is 6.86. The van der Waals surface area contributed by atoms with E-state index < -0.39 is 16.1 Å². The number of primary sulfonamides is 1. The molecule has 6 nitrogen and oxygen atoms in total. The number of ether oxygens (including phenoxy) is 1. The minimum atomic E-state index is -3.71. The molecule has 0 bridgehead atoms. The number of hydrogen-bond acceptors (Lipinski definition) is 5. The highest BCUT2D eigenvalue weighted by atomic mass is 35.5. The summed E-state index contributed by atoms with van der Waals surface area (Å²) in [6, 6.07) is 9.76. The maximum Gasteiger partial charge on any atom is 0.261 e. The molecule has 1 heterocycles. The summed E-state index contributed by atoms with van der Waals surface area (Å²) in [5.41, 5.74) is 0. The van der Waals surface area contributed by atoms with E-state index in [0.717, 1.165) is 11.3 Å². The van der Waals surface area contributed by atoms with Gasteiger partial charge in [-0.3, -0.25) is 4.79 Å². The van der Waals surface area contributed by atoms with Crippen LogP contribution in [-0.2, 0) is 21.4 Å². The molecule has 2 aromatic rings. The molecule has 1 aromatic heterocycles. The van der Waals surface area contributed by atoms with Crippen molar-refractivity contribution in [2.45, 2.75) is 23.8 Å². The fraction of sp³-hybridized carbons (Fsp3) is 0.214. The SMILES string of the molecule is CC(Oc1cccc(Cl)c1)C(=O)NCc1ccc(S(N)(=O)=O)s1. The van der Waals surface area contributed by atoms with Gasteiger partial charge in [0.05, 0.1) is 6.54 Å². The van der Waals surface area contributed by atoms with Gasteiger partial charge in [0.25, 0.3) is 5.91 Å². The first-order valence-corrected chi connectivity index (χ1v) is 9.31. The van der Waals surface area contributed by atoms with Gasteiger partial charge in [0.2, 0.25) is 10.0 Å². The van der Waals surface area contributed by atoms with E-state index in [4.69, 9.17) is 21.5 Å². The van der Waals surface area contributed by atoms with Crippen LogP contribution < -0.4 is 15.2 Å². The highest BCUT2D eigenvalue weighted by molar-refractivity contribution is 7.91. The van der Waals surface area contributed by atoms with E-state index in [0.29, 0.717) is 15.6 Å². The van der Waals surface area contributed by atoms with Gasteiger partial charge in [-0.05, 0) is 37.3 Å². The molecule has 23 heavy (non-hydrogen) atoms. The monoisotopic (exact) mass is 374 g/mol. The Kier molecular flexibility index (Phi) is 5.64. The van der Waals surface area contributed by atoms with E-state index in [1.807, 2.05) is 0 Å². The van der Waals surface area contributed by atoms with Crippen LogP contribution >= 0.6 is 22.9 Å². The van der Waals surface area contributed by atoms with Gasteiger partial charge < -0.3 is 10.1 Å². The Bertz CT molecular complexity index is 805. The summed E-state index contributed by atoms with van der Waals surface area (Å²) in [5, 5.41) is 8.23. The lowest BCUT2D eigenvalue weighted by atomic mass is 10.3. The molecule has 9 heteroatoms. The number of hydrogen-bond donors (Lipinski definition) is 2. The molecule has 0 saturated carbocycles. The molecular weight excluding hydrogens is 360 g/mol. The van der Waals surface area contributed by atoms with E-state index in [1.165, 1.54) is 6.07 Å². The molecule has 0 aliphatic rings. The van der Waals surface area contributed by atoms with Gasteiger partial charge in [-0.2, -0.15) is 0 Å². The van der Waals surface area contributed by atoms with Crippen molar-refractivity contribution in [1.82, 2.24) is 5.32 Å². The number of benzene rings is 1. The number of nitrogens with one attached hydrogen (secondary N) is 1. The van der Waals surface area contributed by atoms with Gasteiger partial charge >= 0.3 is 0 Å². The molecule has 2 rings (SSSR count). The van der Waals surface area contributed by atoms with Gasteiger partial charge in [0.15, 0.2) is 6.10 Å². The molecular formula is C14H15ClN2O4S2. The van der Waals surface area contributed by atoms with Crippen molar-refractivity contribution in [3.63, 3.8) is 0 Å². The molecule has 1 amide bonds. The first-order valence-electron chi connectivity index (χ1n) is 6.57. The lowest BCUT2D eigenvalue weighted by molar-refractivity contribution is -0.127. The summed E-state index contributed by atoms with van der Waals surface area (Å²) in [6.07, 6.45) is -0.717. The largest absolute Gasteiger partial charge is 0.481 e. The molecule has 1 atom stereocenters. The number of nitrogens with two attached hydrogens (primary N) is 1. The third-order valence-corrected chi connectivity index (χ3v) is 5.59. The molecule has 3 N–H and O–H groups in total. The average molecular weight is 375 g/mol. The third-order valence-electron chi connectivity index (χ3n) is 2.83. The molecule has 1 unspecified atom stereocenters. The van der Waals surface area contributed by atoms with Crippen molar-refractivity contribution in [2.24, 2.45) is 5.14 Å². The summed E-state index contributed by atoms with van der Waals surface area (Å²) < 4.78 is 27.9. The van der Waals surface area contributed by atoms with Gasteiger partial charge in [-0.1, -0.05) is 17.7 Å². The Morgan fingerprint density at radius 2 is 2.13 bits per heavy atom. The Morgan fingerprint density at radius 1 is 1.39 bits per heavy atom. The minimum Gasteiger partial charge on any atom is -0.481 e. The summed E-state index contributed by atoms with van der Waals surface area (Å²) in [7, 11) is -3.71. The first kappa shape index (κ1) is 17.7. The van der Waals surface area contributed by atoms with Gasteiger partial charge in [0.1, 0.15) is 9.96 Å². The third kappa shape index (κ3) is 5.21. The van der Waals surface area contributed by atoms with E-state index in [-0.39, 0.29) is 16.7 Å². The number of carbonyl (C=O) groups excluding carboxylic acids is 1. The second kappa shape index (κ2) is 7.31. The maximum absolute atomic E-state index is 12.0.